The number of piperidine rings is 1. The van der Waals surface area contributed by atoms with E-state index < -0.39 is 11.9 Å². The van der Waals surface area contributed by atoms with Crippen LogP contribution in [0.5, 0.6) is 5.75 Å². The summed E-state index contributed by atoms with van der Waals surface area (Å²) in [5.41, 5.74) is 3.85. The van der Waals surface area contributed by atoms with Crippen molar-refractivity contribution >= 4 is 40.2 Å². The molecule has 0 bridgehead atoms. The van der Waals surface area contributed by atoms with Gasteiger partial charge in [-0.05, 0) is 60.9 Å². The number of aromatic amines is 1. The number of anilines is 1. The van der Waals surface area contributed by atoms with Gasteiger partial charge < -0.3 is 19.9 Å². The van der Waals surface area contributed by atoms with Crippen molar-refractivity contribution in [3.05, 3.63) is 58.8 Å². The molecule has 3 heterocycles. The van der Waals surface area contributed by atoms with Gasteiger partial charge in [-0.1, -0.05) is 0 Å². The molecule has 0 spiro atoms. The summed E-state index contributed by atoms with van der Waals surface area (Å²) >= 11 is 0. The summed E-state index contributed by atoms with van der Waals surface area (Å²) < 4.78 is 5.27. The Hall–Kier alpha value is -4.14. The lowest BCUT2D eigenvalue weighted by atomic mass is 10.0. The third-order valence-electron chi connectivity index (χ3n) is 6.27. The van der Waals surface area contributed by atoms with E-state index in [1.165, 1.54) is 4.90 Å². The first-order valence-corrected chi connectivity index (χ1v) is 10.6. The second-order valence-corrected chi connectivity index (χ2v) is 8.26. The fourth-order valence-corrected chi connectivity index (χ4v) is 4.51. The molecule has 33 heavy (non-hydrogen) atoms. The van der Waals surface area contributed by atoms with E-state index in [-0.39, 0.29) is 30.7 Å². The Morgan fingerprint density at radius 1 is 1.15 bits per heavy atom. The number of H-pyrrole nitrogens is 1. The zero-order chi connectivity index (χ0) is 23.3. The molecule has 0 aliphatic carbocycles. The topological polar surface area (TPSA) is 121 Å². The van der Waals surface area contributed by atoms with E-state index in [2.05, 4.69) is 15.6 Å². The predicted molar refractivity (Wildman–Crippen MR) is 120 cm³/mol. The van der Waals surface area contributed by atoms with Crippen molar-refractivity contribution in [1.82, 2.24) is 15.2 Å². The molecule has 4 amide bonds. The number of imide groups is 1. The Bertz CT molecular complexity index is 1340. The Labute approximate surface area is 189 Å². The van der Waals surface area contributed by atoms with Gasteiger partial charge in [-0.15, -0.1) is 0 Å². The van der Waals surface area contributed by atoms with Gasteiger partial charge in [0.2, 0.25) is 11.8 Å². The van der Waals surface area contributed by atoms with E-state index in [1.54, 1.807) is 25.3 Å². The van der Waals surface area contributed by atoms with Crippen LogP contribution in [0.4, 0.5) is 5.69 Å². The van der Waals surface area contributed by atoms with Crippen molar-refractivity contribution in [3.8, 4) is 5.75 Å². The Kier molecular flexibility index (Phi) is 4.88. The maximum Gasteiger partial charge on any atom is 0.272 e. The summed E-state index contributed by atoms with van der Waals surface area (Å²) in [5, 5.41) is 6.08. The monoisotopic (exact) mass is 446 g/mol. The Balaban J connectivity index is 1.36. The maximum absolute atomic E-state index is 13.0. The molecule has 3 N–H and O–H groups in total. The molecule has 2 aliphatic heterocycles. The Morgan fingerprint density at radius 3 is 2.73 bits per heavy atom. The second kappa shape index (κ2) is 7.77. The number of hydrogen-bond acceptors (Lipinski definition) is 5. The highest BCUT2D eigenvalue weighted by Crippen LogP contribution is 2.30. The minimum Gasteiger partial charge on any atom is -0.497 e. The predicted octanol–water partition coefficient (Wildman–Crippen LogP) is 2.50. The average Bonchev–Trinajstić information content (AvgIpc) is 3.30. The van der Waals surface area contributed by atoms with E-state index in [1.807, 2.05) is 25.1 Å². The van der Waals surface area contributed by atoms with Crippen LogP contribution >= 0.6 is 0 Å². The quantitative estimate of drug-likeness (QED) is 0.532. The summed E-state index contributed by atoms with van der Waals surface area (Å²) in [6, 6.07) is 9.96. The molecular formula is C24H22N4O5. The summed E-state index contributed by atoms with van der Waals surface area (Å²) in [7, 11) is 1.59. The fourth-order valence-electron chi connectivity index (χ4n) is 4.51. The van der Waals surface area contributed by atoms with Crippen LogP contribution in [-0.2, 0) is 16.1 Å². The fraction of sp³-hybridized carbons (Fsp3) is 0.250. The van der Waals surface area contributed by atoms with Crippen molar-refractivity contribution in [3.63, 3.8) is 0 Å². The standard InChI is InChI=1S/C24H22N4O5/c1-12-17-10-15(33-2)4-6-18(17)26-21(12)23(31)25-14-3-5-16-13(9-14)11-28(24(16)32)19-7-8-20(29)27-22(19)30/h3-6,9-10,19,26H,7-8,11H2,1-2H3,(H,25,31)(H,27,29,30). The first-order valence-electron chi connectivity index (χ1n) is 10.6. The third-order valence-corrected chi connectivity index (χ3v) is 6.27. The summed E-state index contributed by atoms with van der Waals surface area (Å²) in [6.07, 6.45) is 0.506. The molecule has 1 aromatic heterocycles. The van der Waals surface area contributed by atoms with Crippen molar-refractivity contribution in [2.45, 2.75) is 32.4 Å². The zero-order valence-corrected chi connectivity index (χ0v) is 18.2. The number of ether oxygens (including phenoxy) is 1. The minimum absolute atomic E-state index is 0.202. The van der Waals surface area contributed by atoms with E-state index in [9.17, 15) is 19.2 Å². The lowest BCUT2D eigenvalue weighted by Crippen LogP contribution is -2.52. The maximum atomic E-state index is 13.0. The van der Waals surface area contributed by atoms with Gasteiger partial charge in [-0.2, -0.15) is 0 Å². The normalized spacial score (nSPS) is 17.8. The van der Waals surface area contributed by atoms with Gasteiger partial charge in [0.1, 0.15) is 17.5 Å². The molecule has 3 aromatic rings. The number of amides is 4. The van der Waals surface area contributed by atoms with Crippen LogP contribution in [0.2, 0.25) is 0 Å². The molecule has 2 aromatic carbocycles. The number of aromatic nitrogens is 1. The van der Waals surface area contributed by atoms with Gasteiger partial charge in [0, 0.05) is 35.1 Å². The molecule has 9 nitrogen and oxygen atoms in total. The van der Waals surface area contributed by atoms with Crippen LogP contribution in [0.15, 0.2) is 36.4 Å². The third kappa shape index (κ3) is 3.51. The largest absolute Gasteiger partial charge is 0.497 e. The van der Waals surface area contributed by atoms with Gasteiger partial charge in [-0.3, -0.25) is 24.5 Å². The van der Waals surface area contributed by atoms with Crippen molar-refractivity contribution in [1.29, 1.82) is 0 Å². The van der Waals surface area contributed by atoms with Gasteiger partial charge in [-0.25, -0.2) is 0 Å². The molecule has 1 saturated heterocycles. The van der Waals surface area contributed by atoms with Gasteiger partial charge in [0.25, 0.3) is 11.8 Å². The molecule has 1 atom stereocenters. The van der Waals surface area contributed by atoms with E-state index in [0.29, 0.717) is 29.1 Å². The summed E-state index contributed by atoms with van der Waals surface area (Å²) in [5.74, 6) is -0.616. The zero-order valence-electron chi connectivity index (χ0n) is 18.2. The number of nitrogens with zero attached hydrogens (tertiary/aromatic N) is 1. The van der Waals surface area contributed by atoms with E-state index in [0.717, 1.165) is 22.0 Å². The highest BCUT2D eigenvalue weighted by atomic mass is 16.5. The number of fused-ring (bicyclic) bond motifs is 2. The number of methoxy groups -OCH3 is 1. The molecular weight excluding hydrogens is 424 g/mol. The number of rotatable bonds is 4. The average molecular weight is 446 g/mol. The number of carbonyl (C=O) groups excluding carboxylic acids is 4. The van der Waals surface area contributed by atoms with Crippen LogP contribution in [0.1, 0.15) is 44.8 Å². The number of hydrogen-bond donors (Lipinski definition) is 3. The van der Waals surface area contributed by atoms with Crippen LogP contribution in [0.25, 0.3) is 10.9 Å². The van der Waals surface area contributed by atoms with Gasteiger partial charge >= 0.3 is 0 Å². The van der Waals surface area contributed by atoms with E-state index >= 15 is 0 Å². The summed E-state index contributed by atoms with van der Waals surface area (Å²) in [6.45, 7) is 2.11. The molecule has 9 heteroatoms. The van der Waals surface area contributed by atoms with Crippen LogP contribution in [0.3, 0.4) is 0 Å². The number of benzene rings is 2. The lowest BCUT2D eigenvalue weighted by molar-refractivity contribution is -0.136. The molecule has 2 aliphatic rings. The SMILES string of the molecule is COc1ccc2[nH]c(C(=O)Nc3ccc4c(c3)CN(C3CCC(=O)NC3=O)C4=O)c(C)c2c1. The summed E-state index contributed by atoms with van der Waals surface area (Å²) in [4.78, 5) is 54.1. The van der Waals surface area contributed by atoms with Gasteiger partial charge in [0.15, 0.2) is 0 Å². The first-order chi connectivity index (χ1) is 15.9. The Morgan fingerprint density at radius 2 is 1.97 bits per heavy atom. The number of aryl methyl sites for hydroxylation is 1. The van der Waals surface area contributed by atoms with Crippen LogP contribution in [-0.4, -0.2) is 46.7 Å². The number of carbonyl (C=O) groups is 4. The molecule has 1 fully saturated rings. The number of nitrogens with one attached hydrogen (secondary N) is 3. The van der Waals surface area contributed by atoms with Crippen LogP contribution < -0.4 is 15.4 Å². The van der Waals surface area contributed by atoms with Crippen molar-refractivity contribution < 1.29 is 23.9 Å². The minimum atomic E-state index is -0.674. The smallest absolute Gasteiger partial charge is 0.272 e. The van der Waals surface area contributed by atoms with Crippen molar-refractivity contribution in [2.75, 3.05) is 12.4 Å². The molecule has 5 rings (SSSR count). The first kappa shape index (κ1) is 20.7. The second-order valence-electron chi connectivity index (χ2n) is 8.26. The highest BCUT2D eigenvalue weighted by Gasteiger charge is 2.39. The van der Waals surface area contributed by atoms with Crippen LogP contribution in [0, 0.1) is 6.92 Å². The molecule has 168 valence electrons. The van der Waals surface area contributed by atoms with E-state index in [4.69, 9.17) is 4.74 Å². The molecule has 0 saturated carbocycles. The molecule has 1 unspecified atom stereocenters. The highest BCUT2D eigenvalue weighted by molar-refractivity contribution is 6.09. The van der Waals surface area contributed by atoms with Crippen molar-refractivity contribution in [2.24, 2.45) is 0 Å². The van der Waals surface area contributed by atoms with Gasteiger partial charge in [0.05, 0.1) is 7.11 Å². The lowest BCUT2D eigenvalue weighted by Gasteiger charge is -2.29. The molecule has 0 radical (unpaired) electrons.